The van der Waals surface area contributed by atoms with Crippen LogP contribution in [-0.4, -0.2) is 6.54 Å². The second-order valence-electron chi connectivity index (χ2n) is 3.39. The molecule has 0 aliphatic carbocycles. The molecule has 16 heavy (non-hydrogen) atoms. The molecular formula is C9H12F5NS. The van der Waals surface area contributed by atoms with Gasteiger partial charge in [0.05, 0.1) is 0 Å². The number of rotatable bonds is 4. The quantitative estimate of drug-likeness (QED) is 0.789. The van der Waals surface area contributed by atoms with Crippen LogP contribution >= 0.6 is 10.2 Å². The zero-order valence-electron chi connectivity index (χ0n) is 8.52. The largest absolute Gasteiger partial charge is 0.313 e. The second kappa shape index (κ2) is 3.33. The molecule has 1 N–H and O–H groups in total. The maximum Gasteiger partial charge on any atom is 0.310 e. The predicted molar refractivity (Wildman–Crippen MR) is 55.2 cm³/mol. The number of hydrogen-bond acceptors (Lipinski definition) is 1. The van der Waals surface area contributed by atoms with E-state index in [4.69, 9.17) is 0 Å². The highest BCUT2D eigenvalue weighted by Gasteiger charge is 2.65. The standard InChI is InChI=1S/C9H12F5NS/c1-2-15-7-8-3-5-9(6-4-8)16(10,11,12,13)14/h3-6,15H,2,7H2,1H3. The lowest BCUT2D eigenvalue weighted by Crippen LogP contribution is -2.12. The number of hydrogen-bond donors (Lipinski definition) is 1. The summed E-state index contributed by atoms with van der Waals surface area (Å²) in [6.07, 6.45) is 0. The normalized spacial score (nSPS) is 16.6. The van der Waals surface area contributed by atoms with Gasteiger partial charge in [0.2, 0.25) is 0 Å². The predicted octanol–water partition coefficient (Wildman–Crippen LogP) is 4.45. The molecule has 0 aliphatic heterocycles. The molecule has 0 bridgehead atoms. The van der Waals surface area contributed by atoms with Gasteiger partial charge < -0.3 is 5.32 Å². The lowest BCUT2D eigenvalue weighted by Gasteiger charge is -2.40. The van der Waals surface area contributed by atoms with Gasteiger partial charge in [-0.05, 0) is 24.2 Å². The van der Waals surface area contributed by atoms with Gasteiger partial charge in [0.25, 0.3) is 0 Å². The molecule has 0 aliphatic rings. The van der Waals surface area contributed by atoms with Gasteiger partial charge in [-0.2, -0.15) is 0 Å². The Labute approximate surface area is 90.4 Å². The summed E-state index contributed by atoms with van der Waals surface area (Å²) in [5, 5.41) is 2.88. The molecule has 0 amide bonds. The van der Waals surface area contributed by atoms with Crippen LogP contribution in [0.15, 0.2) is 29.2 Å². The minimum Gasteiger partial charge on any atom is -0.313 e. The van der Waals surface area contributed by atoms with Gasteiger partial charge in [-0.1, -0.05) is 38.5 Å². The molecule has 1 rings (SSSR count). The Morgan fingerprint density at radius 3 is 1.88 bits per heavy atom. The van der Waals surface area contributed by atoms with E-state index in [1.54, 1.807) is 0 Å². The highest BCUT2D eigenvalue weighted by atomic mass is 32.5. The van der Waals surface area contributed by atoms with Gasteiger partial charge in [-0.3, -0.25) is 0 Å². The summed E-state index contributed by atoms with van der Waals surface area (Å²) in [6, 6.07) is 2.95. The fourth-order valence-corrected chi connectivity index (χ4v) is 1.78. The summed E-state index contributed by atoms with van der Waals surface area (Å²) in [6.45, 7) is 2.85. The van der Waals surface area contributed by atoms with Crippen molar-refractivity contribution in [2.45, 2.75) is 18.4 Å². The Hall–Kier alpha value is -0.820. The molecule has 0 radical (unpaired) electrons. The Balaban J connectivity index is 2.97. The second-order valence-corrected chi connectivity index (χ2v) is 5.80. The average molecular weight is 261 g/mol. The van der Waals surface area contributed by atoms with Gasteiger partial charge in [0.15, 0.2) is 0 Å². The molecule has 7 heteroatoms. The molecule has 1 aromatic carbocycles. The molecule has 0 spiro atoms. The molecule has 0 aromatic heterocycles. The third-order valence-corrected chi connectivity index (χ3v) is 3.11. The van der Waals surface area contributed by atoms with Crippen molar-refractivity contribution in [1.29, 1.82) is 0 Å². The molecule has 1 aromatic rings. The van der Waals surface area contributed by atoms with Gasteiger partial charge >= 0.3 is 10.2 Å². The maximum atomic E-state index is 12.3. The minimum absolute atomic E-state index is 0.358. The number of halogens is 5. The van der Waals surface area contributed by atoms with Gasteiger partial charge in [0, 0.05) is 6.54 Å². The highest BCUT2D eigenvalue weighted by Crippen LogP contribution is 3.02. The minimum atomic E-state index is -9.51. The van der Waals surface area contributed by atoms with Crippen molar-refractivity contribution in [3.8, 4) is 0 Å². The van der Waals surface area contributed by atoms with Crippen LogP contribution in [0.2, 0.25) is 0 Å². The first kappa shape index (κ1) is 13.2. The van der Waals surface area contributed by atoms with Crippen LogP contribution in [0.25, 0.3) is 0 Å². The molecule has 0 saturated heterocycles. The average Bonchev–Trinajstić information content (AvgIpc) is 2.12. The van der Waals surface area contributed by atoms with Gasteiger partial charge in [-0.15, -0.1) is 0 Å². The Morgan fingerprint density at radius 1 is 1.00 bits per heavy atom. The van der Waals surface area contributed by atoms with Crippen molar-refractivity contribution in [1.82, 2.24) is 5.32 Å². The van der Waals surface area contributed by atoms with E-state index in [0.29, 0.717) is 30.8 Å². The van der Waals surface area contributed by atoms with E-state index in [1.165, 1.54) is 0 Å². The Bertz CT molecular complexity index is 368. The van der Waals surface area contributed by atoms with Crippen LogP contribution in [0.4, 0.5) is 19.4 Å². The van der Waals surface area contributed by atoms with Crippen LogP contribution in [0.1, 0.15) is 12.5 Å². The summed E-state index contributed by atoms with van der Waals surface area (Å²) < 4.78 is 61.6. The van der Waals surface area contributed by atoms with Crippen molar-refractivity contribution in [3.05, 3.63) is 29.8 Å². The van der Waals surface area contributed by atoms with E-state index in [2.05, 4.69) is 5.32 Å². The van der Waals surface area contributed by atoms with Crippen LogP contribution in [-0.2, 0) is 6.54 Å². The molecule has 0 fully saturated rings. The smallest absolute Gasteiger partial charge is 0.310 e. The molecule has 94 valence electrons. The van der Waals surface area contributed by atoms with Crippen molar-refractivity contribution in [2.75, 3.05) is 6.54 Å². The fourth-order valence-electron chi connectivity index (χ4n) is 1.13. The molecule has 0 unspecified atom stereocenters. The van der Waals surface area contributed by atoms with Crippen LogP contribution in [0.3, 0.4) is 0 Å². The van der Waals surface area contributed by atoms with Crippen molar-refractivity contribution in [3.63, 3.8) is 0 Å². The molecule has 0 atom stereocenters. The summed E-state index contributed by atoms with van der Waals surface area (Å²) in [7, 11) is -9.51. The van der Waals surface area contributed by atoms with Gasteiger partial charge in [0.1, 0.15) is 4.90 Å². The number of benzene rings is 1. The van der Waals surface area contributed by atoms with Crippen LogP contribution in [0.5, 0.6) is 0 Å². The van der Waals surface area contributed by atoms with Crippen molar-refractivity contribution < 1.29 is 19.4 Å². The van der Waals surface area contributed by atoms with Crippen LogP contribution < -0.4 is 5.32 Å². The lowest BCUT2D eigenvalue weighted by molar-refractivity contribution is 0.364. The first-order valence-electron chi connectivity index (χ1n) is 4.56. The van der Waals surface area contributed by atoms with Gasteiger partial charge in [-0.25, -0.2) is 0 Å². The monoisotopic (exact) mass is 261 g/mol. The summed E-state index contributed by atoms with van der Waals surface area (Å²) in [5.74, 6) is 0. The Kier molecular flexibility index (Phi) is 2.76. The lowest BCUT2D eigenvalue weighted by atomic mass is 10.2. The van der Waals surface area contributed by atoms with Crippen LogP contribution in [0, 0.1) is 0 Å². The zero-order chi connectivity index (χ0) is 12.5. The molecule has 1 nitrogen and oxygen atoms in total. The zero-order valence-corrected chi connectivity index (χ0v) is 9.34. The summed E-state index contributed by atoms with van der Waals surface area (Å²) >= 11 is 0. The molecule has 0 saturated carbocycles. The van der Waals surface area contributed by atoms with Crippen molar-refractivity contribution in [2.24, 2.45) is 0 Å². The van der Waals surface area contributed by atoms with E-state index < -0.39 is 15.1 Å². The topological polar surface area (TPSA) is 12.0 Å². The Morgan fingerprint density at radius 2 is 1.50 bits per heavy atom. The SMILES string of the molecule is CCNCc1ccc(S(F)(F)(F)(F)F)cc1. The van der Waals surface area contributed by atoms with Crippen molar-refractivity contribution >= 4 is 10.2 Å². The molecular weight excluding hydrogens is 249 g/mol. The summed E-state index contributed by atoms with van der Waals surface area (Å²) in [4.78, 5) is -1.85. The third kappa shape index (κ3) is 3.64. The maximum absolute atomic E-state index is 12.3. The summed E-state index contributed by atoms with van der Waals surface area (Å²) in [5.41, 5.74) is 0.535. The van der Waals surface area contributed by atoms with E-state index in [-0.39, 0.29) is 0 Å². The fraction of sp³-hybridized carbons (Fsp3) is 0.333. The van der Waals surface area contributed by atoms with E-state index in [1.807, 2.05) is 6.92 Å². The van der Waals surface area contributed by atoms with E-state index >= 15 is 0 Å². The first-order valence-corrected chi connectivity index (χ1v) is 6.52. The van der Waals surface area contributed by atoms with E-state index in [9.17, 15) is 19.4 Å². The number of nitrogens with one attached hydrogen (secondary N) is 1. The van der Waals surface area contributed by atoms with E-state index in [0.717, 1.165) is 12.1 Å². The third-order valence-electron chi connectivity index (χ3n) is 1.95. The highest BCUT2D eigenvalue weighted by molar-refractivity contribution is 8.45. The first-order chi connectivity index (χ1) is 7.03. The molecule has 0 heterocycles.